The number of amides is 1. The Kier molecular flexibility index (Phi) is 6.84. The van der Waals surface area contributed by atoms with Gasteiger partial charge in [0.25, 0.3) is 0 Å². The number of nitrogens with one attached hydrogen (secondary N) is 1. The van der Waals surface area contributed by atoms with E-state index in [1.165, 1.54) is 12.8 Å². The Morgan fingerprint density at radius 1 is 1.16 bits per heavy atom. The lowest BCUT2D eigenvalue weighted by Gasteiger charge is -2.43. The molecule has 31 heavy (non-hydrogen) atoms. The molecule has 7 heteroatoms. The quantitative estimate of drug-likeness (QED) is 0.534. The van der Waals surface area contributed by atoms with Gasteiger partial charge in [-0.25, -0.2) is 4.79 Å². The third-order valence-corrected chi connectivity index (χ3v) is 5.84. The molecule has 7 nitrogen and oxygen atoms in total. The standard InChI is InChI=1S/C24H37N3O4/c1-15(2)17(4)25-13-22(28)26-14-16(3)27(18-8-9-18)20-11-10-19(12-21(20)26)30-23(29)31-24(5,6)7/h10-12,15-18,25H,8-9,13-14H2,1-7H3/t16?,17-/m0/s1. The van der Waals surface area contributed by atoms with Crippen LogP contribution >= 0.6 is 0 Å². The van der Waals surface area contributed by atoms with Crippen molar-refractivity contribution in [2.24, 2.45) is 5.92 Å². The molecule has 1 aliphatic heterocycles. The lowest BCUT2D eigenvalue weighted by molar-refractivity contribution is -0.118. The van der Waals surface area contributed by atoms with Gasteiger partial charge in [-0.15, -0.1) is 0 Å². The van der Waals surface area contributed by atoms with Crippen molar-refractivity contribution >= 4 is 23.4 Å². The lowest BCUT2D eigenvalue weighted by atomic mass is 10.1. The van der Waals surface area contributed by atoms with Crippen molar-refractivity contribution in [2.75, 3.05) is 22.9 Å². The van der Waals surface area contributed by atoms with Crippen LogP contribution in [0.25, 0.3) is 0 Å². The van der Waals surface area contributed by atoms with Crippen LogP contribution in [-0.2, 0) is 9.53 Å². The monoisotopic (exact) mass is 431 g/mol. The van der Waals surface area contributed by atoms with Crippen LogP contribution in [0.5, 0.6) is 5.75 Å². The minimum absolute atomic E-state index is 0.0189. The van der Waals surface area contributed by atoms with Crippen molar-refractivity contribution in [3.8, 4) is 5.75 Å². The molecular formula is C24H37N3O4. The number of ether oxygens (including phenoxy) is 2. The van der Waals surface area contributed by atoms with Crippen molar-refractivity contribution in [3.05, 3.63) is 18.2 Å². The minimum atomic E-state index is -0.749. The molecule has 2 atom stereocenters. The van der Waals surface area contributed by atoms with Crippen molar-refractivity contribution in [2.45, 2.75) is 85.0 Å². The fourth-order valence-corrected chi connectivity index (χ4v) is 3.78. The summed E-state index contributed by atoms with van der Waals surface area (Å²) in [7, 11) is 0. The van der Waals surface area contributed by atoms with E-state index in [2.05, 4.69) is 37.9 Å². The van der Waals surface area contributed by atoms with E-state index in [-0.39, 0.29) is 24.5 Å². The Morgan fingerprint density at radius 3 is 2.42 bits per heavy atom. The number of hydrogen-bond acceptors (Lipinski definition) is 6. The van der Waals surface area contributed by atoms with Crippen LogP contribution in [0, 0.1) is 5.92 Å². The second kappa shape index (κ2) is 9.07. The summed E-state index contributed by atoms with van der Waals surface area (Å²) in [6, 6.07) is 6.50. The van der Waals surface area contributed by atoms with Crippen molar-refractivity contribution < 1.29 is 19.1 Å². The fraction of sp³-hybridized carbons (Fsp3) is 0.667. The molecule has 1 heterocycles. The van der Waals surface area contributed by atoms with Gasteiger partial charge >= 0.3 is 6.16 Å². The molecule has 1 unspecified atom stereocenters. The molecule has 0 radical (unpaired) electrons. The summed E-state index contributed by atoms with van der Waals surface area (Å²) in [5.41, 5.74) is 1.17. The van der Waals surface area contributed by atoms with E-state index >= 15 is 0 Å². The molecule has 1 fully saturated rings. The molecule has 3 rings (SSSR count). The second-order valence-electron chi connectivity index (χ2n) is 10.1. The summed E-state index contributed by atoms with van der Waals surface area (Å²) < 4.78 is 10.7. The third kappa shape index (κ3) is 5.91. The third-order valence-electron chi connectivity index (χ3n) is 5.84. The van der Waals surface area contributed by atoms with Crippen molar-refractivity contribution in [1.29, 1.82) is 0 Å². The number of nitrogens with zero attached hydrogens (tertiary/aromatic N) is 2. The highest BCUT2D eigenvalue weighted by Gasteiger charge is 2.39. The maximum atomic E-state index is 13.2. The highest BCUT2D eigenvalue weighted by Crippen LogP contribution is 2.43. The predicted octanol–water partition coefficient (Wildman–Crippen LogP) is 4.34. The average molecular weight is 432 g/mol. The minimum Gasteiger partial charge on any atom is -0.428 e. The molecular weight excluding hydrogens is 394 g/mol. The topological polar surface area (TPSA) is 71.1 Å². The highest BCUT2D eigenvalue weighted by molar-refractivity contribution is 5.99. The summed E-state index contributed by atoms with van der Waals surface area (Å²) in [6.07, 6.45) is 1.59. The van der Waals surface area contributed by atoms with E-state index in [0.717, 1.165) is 11.4 Å². The highest BCUT2D eigenvalue weighted by atomic mass is 16.7. The molecule has 0 bridgehead atoms. The summed E-state index contributed by atoms with van der Waals surface area (Å²) in [4.78, 5) is 29.5. The zero-order valence-electron chi connectivity index (χ0n) is 19.9. The zero-order chi connectivity index (χ0) is 22.9. The Hall–Kier alpha value is -2.28. The molecule has 1 aromatic rings. The molecule has 0 spiro atoms. The van der Waals surface area contributed by atoms with Gasteiger partial charge in [-0.1, -0.05) is 13.8 Å². The van der Waals surface area contributed by atoms with E-state index in [0.29, 0.717) is 24.3 Å². The smallest absolute Gasteiger partial charge is 0.428 e. The molecule has 1 aromatic carbocycles. The lowest BCUT2D eigenvalue weighted by Crippen LogP contribution is -2.53. The van der Waals surface area contributed by atoms with Gasteiger partial charge in [0.05, 0.1) is 17.9 Å². The Labute approximate surface area is 186 Å². The summed E-state index contributed by atoms with van der Waals surface area (Å²) in [6.45, 7) is 14.8. The first-order valence-electron chi connectivity index (χ1n) is 11.3. The van der Waals surface area contributed by atoms with Crippen LogP contribution in [-0.4, -0.2) is 48.9 Å². The van der Waals surface area contributed by atoms with Gasteiger partial charge in [-0.2, -0.15) is 0 Å². The fourth-order valence-electron chi connectivity index (χ4n) is 3.78. The van der Waals surface area contributed by atoms with Gasteiger partial charge in [-0.05, 0) is 65.5 Å². The number of fused-ring (bicyclic) bond motifs is 1. The number of anilines is 2. The van der Waals surface area contributed by atoms with Crippen molar-refractivity contribution in [1.82, 2.24) is 5.32 Å². The number of rotatable bonds is 6. The van der Waals surface area contributed by atoms with Crippen LogP contribution in [0.2, 0.25) is 0 Å². The molecule has 1 saturated carbocycles. The zero-order valence-corrected chi connectivity index (χ0v) is 19.9. The van der Waals surface area contributed by atoms with Gasteiger partial charge in [0, 0.05) is 30.7 Å². The largest absolute Gasteiger partial charge is 0.514 e. The van der Waals surface area contributed by atoms with Crippen LogP contribution in [0.3, 0.4) is 0 Å². The number of benzene rings is 1. The Bertz CT molecular complexity index is 814. The van der Waals surface area contributed by atoms with E-state index in [1.807, 2.05) is 11.0 Å². The molecule has 172 valence electrons. The van der Waals surface area contributed by atoms with Gasteiger partial charge < -0.3 is 24.6 Å². The SMILES string of the molecule is CC(C)[C@H](C)NCC(=O)N1CC(C)N(C2CC2)c2ccc(OC(=O)OC(C)(C)C)cc21. The molecule has 0 saturated heterocycles. The van der Waals surface area contributed by atoms with Crippen LogP contribution in [0.1, 0.15) is 61.3 Å². The summed E-state index contributed by atoms with van der Waals surface area (Å²) in [5.74, 6) is 0.838. The normalized spacial score (nSPS) is 19.8. The predicted molar refractivity (Wildman–Crippen MR) is 123 cm³/mol. The van der Waals surface area contributed by atoms with Crippen molar-refractivity contribution in [3.63, 3.8) is 0 Å². The second-order valence-corrected chi connectivity index (χ2v) is 10.1. The maximum Gasteiger partial charge on any atom is 0.514 e. The number of carbonyl (C=O) groups is 2. The van der Waals surface area contributed by atoms with E-state index < -0.39 is 11.8 Å². The molecule has 1 N–H and O–H groups in total. The van der Waals surface area contributed by atoms with Crippen LogP contribution < -0.4 is 19.9 Å². The Morgan fingerprint density at radius 2 is 1.84 bits per heavy atom. The first-order valence-corrected chi connectivity index (χ1v) is 11.3. The number of carbonyl (C=O) groups excluding carboxylic acids is 2. The first-order chi connectivity index (χ1) is 14.5. The van der Waals surface area contributed by atoms with E-state index in [4.69, 9.17) is 9.47 Å². The molecule has 1 aliphatic carbocycles. The molecule has 0 aromatic heterocycles. The average Bonchev–Trinajstić information content (AvgIpc) is 3.48. The van der Waals surface area contributed by atoms with Gasteiger partial charge in [-0.3, -0.25) is 4.79 Å². The van der Waals surface area contributed by atoms with Crippen LogP contribution in [0.4, 0.5) is 16.2 Å². The number of hydrogen-bond donors (Lipinski definition) is 1. The maximum absolute atomic E-state index is 13.2. The molecule has 2 aliphatic rings. The van der Waals surface area contributed by atoms with E-state index in [1.54, 1.807) is 32.9 Å². The van der Waals surface area contributed by atoms with E-state index in [9.17, 15) is 9.59 Å². The van der Waals surface area contributed by atoms with Gasteiger partial charge in [0.15, 0.2) is 0 Å². The summed E-state index contributed by atoms with van der Waals surface area (Å²) >= 11 is 0. The van der Waals surface area contributed by atoms with Gasteiger partial charge in [0.1, 0.15) is 11.4 Å². The first kappa shape index (κ1) is 23.4. The Balaban J connectivity index is 1.84. The summed E-state index contributed by atoms with van der Waals surface area (Å²) in [5, 5.41) is 3.33. The van der Waals surface area contributed by atoms with Gasteiger partial charge in [0.2, 0.25) is 5.91 Å². The van der Waals surface area contributed by atoms with Crippen LogP contribution in [0.15, 0.2) is 18.2 Å². The molecule has 1 amide bonds.